The van der Waals surface area contributed by atoms with E-state index < -0.39 is 0 Å². The van der Waals surface area contributed by atoms with Gasteiger partial charge in [0.1, 0.15) is 23.9 Å². The number of Topliss-reactive ketones (excluding diaryl/α,β-unsaturated/α-hetero) is 1. The van der Waals surface area contributed by atoms with Crippen LogP contribution in [0.25, 0.3) is 0 Å². The van der Waals surface area contributed by atoms with E-state index in [1.54, 1.807) is 19.2 Å². The number of nitrogens with two attached hydrogens (primary N) is 1. The van der Waals surface area contributed by atoms with Crippen molar-refractivity contribution >= 4 is 11.5 Å². The third-order valence-electron chi connectivity index (χ3n) is 3.84. The van der Waals surface area contributed by atoms with Gasteiger partial charge in [-0.3, -0.25) is 4.79 Å². The predicted molar refractivity (Wildman–Crippen MR) is 83.0 cm³/mol. The Hall–Kier alpha value is -2.69. The average Bonchev–Trinajstić information content (AvgIpc) is 2.55. The Morgan fingerprint density at radius 1 is 1.14 bits per heavy atom. The smallest absolute Gasteiger partial charge is 0.177 e. The molecule has 0 amide bonds. The average molecular weight is 299 g/mol. The second kappa shape index (κ2) is 5.60. The molecule has 2 N–H and O–H groups in total. The summed E-state index contributed by atoms with van der Waals surface area (Å²) in [5, 5.41) is 0. The van der Waals surface area contributed by atoms with Crippen molar-refractivity contribution in [2.75, 3.05) is 26.6 Å². The lowest BCUT2D eigenvalue weighted by atomic mass is 9.88. The van der Waals surface area contributed by atoms with Crippen molar-refractivity contribution in [3.05, 3.63) is 47.5 Å². The van der Waals surface area contributed by atoms with Gasteiger partial charge in [-0.25, -0.2) is 0 Å². The minimum atomic E-state index is -0.341. The molecule has 1 unspecified atom stereocenters. The molecule has 1 aliphatic heterocycles. The largest absolute Gasteiger partial charge is 0.497 e. The number of hydrogen-bond acceptors (Lipinski definition) is 5. The number of carbonyl (C=O) groups is 1. The lowest BCUT2D eigenvalue weighted by Gasteiger charge is -2.25. The first-order chi connectivity index (χ1) is 10.6. The quantitative estimate of drug-likeness (QED) is 0.882. The van der Waals surface area contributed by atoms with E-state index in [4.69, 9.17) is 19.9 Å². The topological polar surface area (TPSA) is 70.8 Å². The molecule has 0 aromatic heterocycles. The van der Waals surface area contributed by atoms with Crippen molar-refractivity contribution in [3.63, 3.8) is 0 Å². The van der Waals surface area contributed by atoms with Crippen molar-refractivity contribution in [3.8, 4) is 17.2 Å². The third kappa shape index (κ3) is 2.35. The number of anilines is 1. The van der Waals surface area contributed by atoms with Gasteiger partial charge in [0.05, 0.1) is 31.4 Å². The number of methoxy groups -OCH3 is 2. The second-order valence-corrected chi connectivity index (χ2v) is 5.09. The molecule has 0 saturated carbocycles. The first-order valence-corrected chi connectivity index (χ1v) is 6.92. The molecule has 3 rings (SSSR count). The van der Waals surface area contributed by atoms with E-state index in [2.05, 4.69) is 0 Å². The fraction of sp³-hybridized carbons (Fsp3) is 0.235. The lowest BCUT2D eigenvalue weighted by molar-refractivity contribution is 0.0896. The molecule has 0 spiro atoms. The van der Waals surface area contributed by atoms with Crippen LogP contribution >= 0.6 is 0 Å². The van der Waals surface area contributed by atoms with E-state index in [9.17, 15) is 4.79 Å². The maximum Gasteiger partial charge on any atom is 0.177 e. The van der Waals surface area contributed by atoms with Crippen molar-refractivity contribution in [1.29, 1.82) is 0 Å². The number of ether oxygens (including phenoxy) is 3. The molecule has 1 atom stereocenters. The molecule has 1 heterocycles. The summed E-state index contributed by atoms with van der Waals surface area (Å²) in [6, 6.07) is 10.7. The molecule has 114 valence electrons. The van der Waals surface area contributed by atoms with E-state index >= 15 is 0 Å². The zero-order valence-corrected chi connectivity index (χ0v) is 12.5. The van der Waals surface area contributed by atoms with E-state index in [1.165, 1.54) is 7.11 Å². The van der Waals surface area contributed by atoms with Crippen LogP contribution in [0, 0.1) is 0 Å². The van der Waals surface area contributed by atoms with Crippen LogP contribution in [0.15, 0.2) is 36.4 Å². The fourth-order valence-electron chi connectivity index (χ4n) is 2.59. The summed E-state index contributed by atoms with van der Waals surface area (Å²) in [5.41, 5.74) is 7.70. The van der Waals surface area contributed by atoms with Gasteiger partial charge in [0.15, 0.2) is 5.78 Å². The molecule has 2 aromatic carbocycles. The molecule has 0 aliphatic carbocycles. The van der Waals surface area contributed by atoms with Gasteiger partial charge in [-0.05, 0) is 23.8 Å². The van der Waals surface area contributed by atoms with Crippen molar-refractivity contribution < 1.29 is 19.0 Å². The first kappa shape index (κ1) is 14.3. The standard InChI is InChI=1S/C17H17NO4/c1-20-11-5-3-10(4-6-11)13-9-22-15-8-16(21-2)14(18)7-12(15)17(13)19/h3-8,13H,9,18H2,1-2H3. The maximum absolute atomic E-state index is 12.7. The van der Waals surface area contributed by atoms with Gasteiger partial charge in [-0.1, -0.05) is 12.1 Å². The van der Waals surface area contributed by atoms with Crippen LogP contribution in [-0.4, -0.2) is 26.6 Å². The van der Waals surface area contributed by atoms with Crippen molar-refractivity contribution in [2.45, 2.75) is 5.92 Å². The molecule has 0 radical (unpaired) electrons. The van der Waals surface area contributed by atoms with E-state index in [1.807, 2.05) is 24.3 Å². The normalized spacial score (nSPS) is 16.6. The zero-order chi connectivity index (χ0) is 15.7. The van der Waals surface area contributed by atoms with Gasteiger partial charge >= 0.3 is 0 Å². The number of hydrogen-bond donors (Lipinski definition) is 1. The Bertz CT molecular complexity index is 709. The van der Waals surface area contributed by atoms with Gasteiger partial charge in [-0.15, -0.1) is 0 Å². The van der Waals surface area contributed by atoms with Crippen molar-refractivity contribution in [2.24, 2.45) is 0 Å². The molecule has 2 aromatic rings. The molecule has 0 fully saturated rings. The van der Waals surface area contributed by atoms with Gasteiger partial charge in [-0.2, -0.15) is 0 Å². The predicted octanol–water partition coefficient (Wildman–Crippen LogP) is 2.64. The number of fused-ring (bicyclic) bond motifs is 1. The van der Waals surface area contributed by atoms with Crippen LogP contribution in [-0.2, 0) is 0 Å². The monoisotopic (exact) mass is 299 g/mol. The summed E-state index contributed by atoms with van der Waals surface area (Å²) in [7, 11) is 3.14. The Balaban J connectivity index is 1.95. The Labute approximate surface area is 128 Å². The van der Waals surface area contributed by atoms with Gasteiger partial charge in [0.25, 0.3) is 0 Å². The van der Waals surface area contributed by atoms with Crippen molar-refractivity contribution in [1.82, 2.24) is 0 Å². The Morgan fingerprint density at radius 3 is 2.50 bits per heavy atom. The highest BCUT2D eigenvalue weighted by Gasteiger charge is 2.31. The number of nitrogen functional groups attached to an aromatic ring is 1. The number of benzene rings is 2. The summed E-state index contributed by atoms with van der Waals surface area (Å²) in [5.74, 6) is 1.43. The minimum absolute atomic E-state index is 0.000713. The summed E-state index contributed by atoms with van der Waals surface area (Å²) in [6.07, 6.45) is 0. The van der Waals surface area contributed by atoms with E-state index in [-0.39, 0.29) is 11.7 Å². The van der Waals surface area contributed by atoms with Crippen LogP contribution in [0.3, 0.4) is 0 Å². The molecular formula is C17H17NO4. The van der Waals surface area contributed by atoms with Gasteiger partial charge in [0.2, 0.25) is 0 Å². The zero-order valence-electron chi connectivity index (χ0n) is 12.5. The van der Waals surface area contributed by atoms with Crippen LogP contribution in [0.5, 0.6) is 17.2 Å². The molecule has 0 saturated heterocycles. The Kier molecular flexibility index (Phi) is 3.63. The summed E-state index contributed by atoms with van der Waals surface area (Å²) >= 11 is 0. The van der Waals surface area contributed by atoms with Crippen LogP contribution in [0.2, 0.25) is 0 Å². The minimum Gasteiger partial charge on any atom is -0.497 e. The molecule has 5 heteroatoms. The highest BCUT2D eigenvalue weighted by Crippen LogP contribution is 2.38. The van der Waals surface area contributed by atoms with Crippen LogP contribution in [0.1, 0.15) is 21.8 Å². The third-order valence-corrected chi connectivity index (χ3v) is 3.84. The summed E-state index contributed by atoms with van der Waals surface area (Å²) in [6.45, 7) is 0.297. The molecule has 1 aliphatic rings. The summed E-state index contributed by atoms with van der Waals surface area (Å²) < 4.78 is 16.0. The SMILES string of the molecule is COc1ccc(C2COc3cc(OC)c(N)cc3C2=O)cc1. The van der Waals surface area contributed by atoms with E-state index in [0.29, 0.717) is 29.4 Å². The van der Waals surface area contributed by atoms with Crippen LogP contribution < -0.4 is 19.9 Å². The second-order valence-electron chi connectivity index (χ2n) is 5.09. The maximum atomic E-state index is 12.7. The molecule has 0 bridgehead atoms. The number of ketones is 1. The molecule has 22 heavy (non-hydrogen) atoms. The van der Waals surface area contributed by atoms with Gasteiger partial charge < -0.3 is 19.9 Å². The van der Waals surface area contributed by atoms with Gasteiger partial charge in [0, 0.05) is 6.07 Å². The number of carbonyl (C=O) groups excluding carboxylic acids is 1. The molecular weight excluding hydrogens is 282 g/mol. The first-order valence-electron chi connectivity index (χ1n) is 6.92. The molecule has 5 nitrogen and oxygen atoms in total. The highest BCUT2D eigenvalue weighted by molar-refractivity contribution is 6.05. The summed E-state index contributed by atoms with van der Waals surface area (Å²) in [4.78, 5) is 12.7. The van der Waals surface area contributed by atoms with E-state index in [0.717, 1.165) is 11.3 Å². The number of rotatable bonds is 3. The Morgan fingerprint density at radius 2 is 1.86 bits per heavy atom. The fourth-order valence-corrected chi connectivity index (χ4v) is 2.59. The lowest BCUT2D eigenvalue weighted by Crippen LogP contribution is -2.26. The van der Waals surface area contributed by atoms with Crippen LogP contribution in [0.4, 0.5) is 5.69 Å². The highest BCUT2D eigenvalue weighted by atomic mass is 16.5.